The molecule has 0 bridgehead atoms. The Kier molecular flexibility index (Phi) is 5.40. The minimum Gasteiger partial charge on any atom is -0.342 e. The summed E-state index contributed by atoms with van der Waals surface area (Å²) in [7, 11) is 0. The zero-order valence-electron chi connectivity index (χ0n) is 12.8. The number of rotatable bonds is 3. The van der Waals surface area contributed by atoms with Crippen molar-refractivity contribution >= 4 is 11.8 Å². The highest BCUT2D eigenvalue weighted by Crippen LogP contribution is 2.16. The van der Waals surface area contributed by atoms with Crippen LogP contribution in [-0.4, -0.2) is 72.3 Å². The Hall–Kier alpha value is -1.10. The minimum absolute atomic E-state index is 0.00368. The highest BCUT2D eigenvalue weighted by molar-refractivity contribution is 5.97. The lowest BCUT2D eigenvalue weighted by Gasteiger charge is -2.35. The SMILES string of the molecule is CCN1CCN(C(=O)CC(=O)N2CCCC(C)C2)CC1. The van der Waals surface area contributed by atoms with E-state index in [4.69, 9.17) is 0 Å². The number of likely N-dealkylation sites (N-methyl/N-ethyl adjacent to an activating group) is 1. The minimum atomic E-state index is 0.00368. The van der Waals surface area contributed by atoms with Crippen molar-refractivity contribution in [2.24, 2.45) is 5.92 Å². The first-order valence-electron chi connectivity index (χ1n) is 7.88. The molecule has 2 amide bonds. The van der Waals surface area contributed by atoms with Crippen LogP contribution in [0.25, 0.3) is 0 Å². The number of carbonyl (C=O) groups excluding carboxylic acids is 2. The molecule has 2 saturated heterocycles. The zero-order chi connectivity index (χ0) is 14.5. The van der Waals surface area contributed by atoms with Crippen LogP contribution in [0.4, 0.5) is 0 Å². The van der Waals surface area contributed by atoms with Crippen molar-refractivity contribution in [1.82, 2.24) is 14.7 Å². The fraction of sp³-hybridized carbons (Fsp3) is 0.867. The molecule has 0 radical (unpaired) electrons. The van der Waals surface area contributed by atoms with Gasteiger partial charge in [-0.2, -0.15) is 0 Å². The van der Waals surface area contributed by atoms with Gasteiger partial charge in [-0.3, -0.25) is 9.59 Å². The highest BCUT2D eigenvalue weighted by Gasteiger charge is 2.26. The summed E-state index contributed by atoms with van der Waals surface area (Å²) in [6, 6.07) is 0. The van der Waals surface area contributed by atoms with E-state index in [1.807, 2.05) is 9.80 Å². The van der Waals surface area contributed by atoms with Crippen LogP contribution in [0.1, 0.15) is 33.1 Å². The largest absolute Gasteiger partial charge is 0.342 e. The third-order valence-corrected chi connectivity index (χ3v) is 4.48. The van der Waals surface area contributed by atoms with E-state index >= 15 is 0 Å². The molecular formula is C15H27N3O2. The van der Waals surface area contributed by atoms with Gasteiger partial charge < -0.3 is 14.7 Å². The van der Waals surface area contributed by atoms with Crippen LogP contribution >= 0.6 is 0 Å². The molecule has 5 heteroatoms. The summed E-state index contributed by atoms with van der Waals surface area (Å²) in [5, 5.41) is 0. The van der Waals surface area contributed by atoms with Gasteiger partial charge in [0.15, 0.2) is 0 Å². The number of hydrogen-bond donors (Lipinski definition) is 0. The third-order valence-electron chi connectivity index (χ3n) is 4.48. The van der Waals surface area contributed by atoms with E-state index < -0.39 is 0 Å². The van der Waals surface area contributed by atoms with E-state index in [0.717, 1.165) is 52.2 Å². The number of hydrogen-bond acceptors (Lipinski definition) is 3. The summed E-state index contributed by atoms with van der Waals surface area (Å²) in [6.45, 7) is 10.4. The van der Waals surface area contributed by atoms with E-state index in [-0.39, 0.29) is 18.2 Å². The molecule has 5 nitrogen and oxygen atoms in total. The molecule has 1 atom stereocenters. The number of likely N-dealkylation sites (tertiary alicyclic amines) is 1. The van der Waals surface area contributed by atoms with Gasteiger partial charge in [0.05, 0.1) is 0 Å². The number of piperidine rings is 1. The Morgan fingerprint density at radius 3 is 2.25 bits per heavy atom. The van der Waals surface area contributed by atoms with Crippen molar-refractivity contribution in [1.29, 1.82) is 0 Å². The standard InChI is InChI=1S/C15H27N3O2/c1-3-16-7-9-17(10-8-16)14(19)11-15(20)18-6-4-5-13(2)12-18/h13H,3-12H2,1-2H3. The van der Waals surface area contributed by atoms with Crippen molar-refractivity contribution in [3.63, 3.8) is 0 Å². The summed E-state index contributed by atoms with van der Waals surface area (Å²) in [6.07, 6.45) is 2.31. The fourth-order valence-corrected chi connectivity index (χ4v) is 3.08. The summed E-state index contributed by atoms with van der Waals surface area (Å²) in [5.74, 6) is 0.583. The van der Waals surface area contributed by atoms with Crippen molar-refractivity contribution < 1.29 is 9.59 Å². The Bertz CT molecular complexity index is 351. The number of piperazine rings is 1. The average Bonchev–Trinajstić information content (AvgIpc) is 2.47. The number of carbonyl (C=O) groups is 2. The van der Waals surface area contributed by atoms with Crippen molar-refractivity contribution in [3.05, 3.63) is 0 Å². The van der Waals surface area contributed by atoms with Crippen LogP contribution < -0.4 is 0 Å². The maximum Gasteiger partial charge on any atom is 0.232 e. The van der Waals surface area contributed by atoms with Crippen LogP contribution in [0.15, 0.2) is 0 Å². The second-order valence-corrected chi connectivity index (χ2v) is 6.08. The third kappa shape index (κ3) is 3.95. The Morgan fingerprint density at radius 2 is 1.65 bits per heavy atom. The van der Waals surface area contributed by atoms with Gasteiger partial charge in [0.25, 0.3) is 0 Å². The molecule has 0 aliphatic carbocycles. The molecular weight excluding hydrogens is 254 g/mol. The molecule has 0 aromatic rings. The zero-order valence-corrected chi connectivity index (χ0v) is 12.8. The van der Waals surface area contributed by atoms with Crippen LogP contribution in [-0.2, 0) is 9.59 Å². The molecule has 0 saturated carbocycles. The lowest BCUT2D eigenvalue weighted by molar-refractivity contribution is -0.142. The molecule has 2 heterocycles. The van der Waals surface area contributed by atoms with Crippen molar-refractivity contribution in [3.8, 4) is 0 Å². The molecule has 114 valence electrons. The van der Waals surface area contributed by atoms with Gasteiger partial charge in [-0.25, -0.2) is 0 Å². The average molecular weight is 281 g/mol. The molecule has 0 aromatic carbocycles. The first kappa shape index (κ1) is 15.3. The Balaban J connectivity index is 1.78. The number of amides is 2. The van der Waals surface area contributed by atoms with Crippen molar-refractivity contribution in [2.45, 2.75) is 33.1 Å². The lowest BCUT2D eigenvalue weighted by Crippen LogP contribution is -2.50. The topological polar surface area (TPSA) is 43.9 Å². The summed E-state index contributed by atoms with van der Waals surface area (Å²) in [4.78, 5) is 30.4. The van der Waals surface area contributed by atoms with Gasteiger partial charge in [-0.15, -0.1) is 0 Å². The van der Waals surface area contributed by atoms with E-state index in [1.165, 1.54) is 6.42 Å². The van der Waals surface area contributed by atoms with Gasteiger partial charge >= 0.3 is 0 Å². The van der Waals surface area contributed by atoms with E-state index in [0.29, 0.717) is 5.92 Å². The van der Waals surface area contributed by atoms with Crippen LogP contribution in [0.2, 0.25) is 0 Å². The van der Waals surface area contributed by atoms with Crippen LogP contribution in [0, 0.1) is 5.92 Å². The second-order valence-electron chi connectivity index (χ2n) is 6.08. The highest BCUT2D eigenvalue weighted by atomic mass is 16.2. The lowest BCUT2D eigenvalue weighted by atomic mass is 10.00. The quantitative estimate of drug-likeness (QED) is 0.719. The number of nitrogens with zero attached hydrogens (tertiary/aromatic N) is 3. The van der Waals surface area contributed by atoms with E-state index in [9.17, 15) is 9.59 Å². The molecule has 0 spiro atoms. The van der Waals surface area contributed by atoms with Gasteiger partial charge in [0.2, 0.25) is 11.8 Å². The smallest absolute Gasteiger partial charge is 0.232 e. The molecule has 2 aliphatic rings. The molecule has 0 N–H and O–H groups in total. The van der Waals surface area contributed by atoms with Gasteiger partial charge in [-0.1, -0.05) is 13.8 Å². The summed E-state index contributed by atoms with van der Waals surface area (Å²) < 4.78 is 0. The molecule has 2 aliphatic heterocycles. The molecule has 1 unspecified atom stereocenters. The Labute approximate surface area is 121 Å². The molecule has 2 fully saturated rings. The van der Waals surface area contributed by atoms with Gasteiger partial charge in [0, 0.05) is 39.3 Å². The van der Waals surface area contributed by atoms with E-state index in [1.54, 1.807) is 0 Å². The molecule has 20 heavy (non-hydrogen) atoms. The van der Waals surface area contributed by atoms with Crippen LogP contribution in [0.5, 0.6) is 0 Å². The second kappa shape index (κ2) is 7.07. The van der Waals surface area contributed by atoms with Gasteiger partial charge in [-0.05, 0) is 25.3 Å². The summed E-state index contributed by atoms with van der Waals surface area (Å²) >= 11 is 0. The van der Waals surface area contributed by atoms with Crippen LogP contribution in [0.3, 0.4) is 0 Å². The van der Waals surface area contributed by atoms with Crippen molar-refractivity contribution in [2.75, 3.05) is 45.8 Å². The van der Waals surface area contributed by atoms with E-state index in [2.05, 4.69) is 18.7 Å². The predicted molar refractivity (Wildman–Crippen MR) is 78.3 cm³/mol. The summed E-state index contributed by atoms with van der Waals surface area (Å²) in [5.41, 5.74) is 0. The predicted octanol–water partition coefficient (Wildman–Crippen LogP) is 0.799. The monoisotopic (exact) mass is 281 g/mol. The first-order valence-corrected chi connectivity index (χ1v) is 7.88. The Morgan fingerprint density at radius 1 is 1.00 bits per heavy atom. The molecule has 0 aromatic heterocycles. The first-order chi connectivity index (χ1) is 9.60. The maximum absolute atomic E-state index is 12.2. The fourth-order valence-electron chi connectivity index (χ4n) is 3.08. The molecule has 2 rings (SSSR count). The maximum atomic E-state index is 12.2. The normalized spacial score (nSPS) is 24.8. The van der Waals surface area contributed by atoms with Gasteiger partial charge in [0.1, 0.15) is 6.42 Å².